The molecule has 1 heterocycles. The summed E-state index contributed by atoms with van der Waals surface area (Å²) in [7, 11) is 1.56. The van der Waals surface area contributed by atoms with Gasteiger partial charge in [-0.15, -0.1) is 0 Å². The van der Waals surface area contributed by atoms with Crippen LogP contribution in [0.15, 0.2) is 18.2 Å². The number of likely N-dealkylation sites (tertiary alicyclic amines) is 1. The number of amides is 3. The van der Waals surface area contributed by atoms with Crippen molar-refractivity contribution >= 4 is 46.6 Å². The maximum absolute atomic E-state index is 12.5. The van der Waals surface area contributed by atoms with Crippen molar-refractivity contribution in [3.63, 3.8) is 0 Å². The molecule has 1 fully saturated rings. The molecule has 1 aliphatic rings. The number of nitrogens with zero attached hydrogens (tertiary/aromatic N) is 2. The number of rotatable bonds is 6. The fourth-order valence-corrected chi connectivity index (χ4v) is 3.23. The Morgan fingerprint density at radius 2 is 2.00 bits per heavy atom. The minimum Gasteiger partial charge on any atom is -0.342 e. The van der Waals surface area contributed by atoms with E-state index in [4.69, 9.17) is 23.2 Å². The first kappa shape index (κ1) is 20.5. The number of hydrogen-bond donors (Lipinski definition) is 1. The lowest BCUT2D eigenvalue weighted by Gasteiger charge is -2.22. The highest BCUT2D eigenvalue weighted by atomic mass is 35.5. The van der Waals surface area contributed by atoms with Crippen LogP contribution < -0.4 is 5.32 Å². The third kappa shape index (κ3) is 5.35. The Hall–Kier alpha value is -1.79. The van der Waals surface area contributed by atoms with Crippen LogP contribution in [0.4, 0.5) is 5.69 Å². The smallest absolute Gasteiger partial charge is 0.243 e. The molecule has 0 aromatic heterocycles. The third-order valence-corrected chi connectivity index (χ3v) is 4.85. The zero-order chi connectivity index (χ0) is 19.4. The first-order valence-electron chi connectivity index (χ1n) is 8.45. The normalized spacial score (nSPS) is 16.9. The third-order valence-electron chi connectivity index (χ3n) is 4.11. The summed E-state index contributed by atoms with van der Waals surface area (Å²) in [5, 5.41) is 3.41. The molecular weight excluding hydrogens is 377 g/mol. The highest BCUT2D eigenvalue weighted by molar-refractivity contribution is 6.42. The first-order valence-corrected chi connectivity index (χ1v) is 9.20. The van der Waals surface area contributed by atoms with Gasteiger partial charge in [-0.1, -0.05) is 37.0 Å². The molecule has 26 heavy (non-hydrogen) atoms. The standard InChI is InChI=1S/C18H23Cl2N3O3/c1-11(2)8-23-9-12(6-17(23)25)18(26)22(3)10-16(24)21-13-4-5-14(19)15(20)7-13/h4-5,7,11-12H,6,8-10H2,1-3H3,(H,21,24). The summed E-state index contributed by atoms with van der Waals surface area (Å²) >= 11 is 11.8. The number of halogens is 2. The van der Waals surface area contributed by atoms with Gasteiger partial charge in [-0.05, 0) is 24.1 Å². The van der Waals surface area contributed by atoms with E-state index < -0.39 is 5.92 Å². The van der Waals surface area contributed by atoms with Crippen molar-refractivity contribution in [2.75, 3.05) is 32.0 Å². The summed E-state index contributed by atoms with van der Waals surface area (Å²) in [6.07, 6.45) is 0.199. The predicted octanol–water partition coefficient (Wildman–Crippen LogP) is 2.89. The van der Waals surface area contributed by atoms with Crippen LogP contribution >= 0.6 is 23.2 Å². The van der Waals surface area contributed by atoms with E-state index in [1.165, 1.54) is 4.90 Å². The van der Waals surface area contributed by atoms with Gasteiger partial charge in [0.25, 0.3) is 0 Å². The molecule has 0 aliphatic carbocycles. The maximum atomic E-state index is 12.5. The van der Waals surface area contributed by atoms with Crippen LogP contribution in [-0.4, -0.2) is 54.2 Å². The van der Waals surface area contributed by atoms with Crippen molar-refractivity contribution in [1.29, 1.82) is 0 Å². The topological polar surface area (TPSA) is 69.7 Å². The quantitative estimate of drug-likeness (QED) is 0.799. The average Bonchev–Trinajstić information content (AvgIpc) is 2.90. The molecule has 1 aromatic rings. The van der Waals surface area contributed by atoms with Crippen LogP contribution in [-0.2, 0) is 14.4 Å². The van der Waals surface area contributed by atoms with E-state index in [9.17, 15) is 14.4 Å². The molecule has 0 spiro atoms. The van der Waals surface area contributed by atoms with Gasteiger partial charge in [0.1, 0.15) is 0 Å². The molecule has 6 nitrogen and oxygen atoms in total. The van der Waals surface area contributed by atoms with E-state index in [2.05, 4.69) is 5.32 Å². The maximum Gasteiger partial charge on any atom is 0.243 e. The van der Waals surface area contributed by atoms with Crippen molar-refractivity contribution in [1.82, 2.24) is 9.80 Å². The van der Waals surface area contributed by atoms with Crippen LogP contribution in [0.3, 0.4) is 0 Å². The SMILES string of the molecule is CC(C)CN1CC(C(=O)N(C)CC(=O)Nc2ccc(Cl)c(Cl)c2)CC1=O. The monoisotopic (exact) mass is 399 g/mol. The van der Waals surface area contributed by atoms with Crippen LogP contribution in [0.25, 0.3) is 0 Å². The molecule has 0 bridgehead atoms. The number of carbonyl (C=O) groups excluding carboxylic acids is 3. The van der Waals surface area contributed by atoms with Gasteiger partial charge in [0.05, 0.1) is 22.5 Å². The van der Waals surface area contributed by atoms with Crippen LogP contribution in [0.5, 0.6) is 0 Å². The molecule has 3 amide bonds. The van der Waals surface area contributed by atoms with Crippen LogP contribution in [0.2, 0.25) is 10.0 Å². The minimum atomic E-state index is -0.399. The molecule has 0 radical (unpaired) electrons. The Balaban J connectivity index is 1.89. The van der Waals surface area contributed by atoms with Crippen molar-refractivity contribution in [3.05, 3.63) is 28.2 Å². The van der Waals surface area contributed by atoms with Crippen LogP contribution in [0, 0.1) is 11.8 Å². The Labute approximate surface area is 163 Å². The molecule has 8 heteroatoms. The largest absolute Gasteiger partial charge is 0.342 e. The van der Waals surface area contributed by atoms with Crippen molar-refractivity contribution in [2.24, 2.45) is 11.8 Å². The van der Waals surface area contributed by atoms with E-state index >= 15 is 0 Å². The molecule has 1 unspecified atom stereocenters. The van der Waals surface area contributed by atoms with Gasteiger partial charge >= 0.3 is 0 Å². The van der Waals surface area contributed by atoms with Gasteiger partial charge in [-0.2, -0.15) is 0 Å². The fraction of sp³-hybridized carbons (Fsp3) is 0.500. The zero-order valence-electron chi connectivity index (χ0n) is 15.1. The summed E-state index contributed by atoms with van der Waals surface area (Å²) in [5.74, 6) is -0.603. The van der Waals surface area contributed by atoms with Crippen molar-refractivity contribution in [3.8, 4) is 0 Å². The van der Waals surface area contributed by atoms with Gasteiger partial charge in [-0.25, -0.2) is 0 Å². The van der Waals surface area contributed by atoms with Gasteiger partial charge in [-0.3, -0.25) is 14.4 Å². The zero-order valence-corrected chi connectivity index (χ0v) is 16.6. The summed E-state index contributed by atoms with van der Waals surface area (Å²) < 4.78 is 0. The Morgan fingerprint density at radius 1 is 1.31 bits per heavy atom. The lowest BCUT2D eigenvalue weighted by molar-refractivity contribution is -0.137. The lowest BCUT2D eigenvalue weighted by atomic mass is 10.1. The molecule has 1 aromatic carbocycles. The number of carbonyl (C=O) groups is 3. The molecule has 1 saturated heterocycles. The van der Waals surface area contributed by atoms with E-state index in [1.54, 1.807) is 30.1 Å². The van der Waals surface area contributed by atoms with Crippen LogP contribution in [0.1, 0.15) is 20.3 Å². The van der Waals surface area contributed by atoms with E-state index in [0.717, 1.165) is 0 Å². The Bertz CT molecular complexity index is 709. The number of benzene rings is 1. The van der Waals surface area contributed by atoms with Gasteiger partial charge in [0, 0.05) is 32.2 Å². The second-order valence-corrected chi connectivity index (χ2v) is 7.78. The van der Waals surface area contributed by atoms with Crippen molar-refractivity contribution < 1.29 is 14.4 Å². The fourth-order valence-electron chi connectivity index (χ4n) is 2.93. The Morgan fingerprint density at radius 3 is 2.62 bits per heavy atom. The number of hydrogen-bond acceptors (Lipinski definition) is 3. The minimum absolute atomic E-state index is 0.00860. The average molecular weight is 400 g/mol. The predicted molar refractivity (Wildman–Crippen MR) is 102 cm³/mol. The van der Waals surface area contributed by atoms with E-state index in [1.807, 2.05) is 13.8 Å². The molecule has 0 saturated carbocycles. The number of likely N-dealkylation sites (N-methyl/N-ethyl adjacent to an activating group) is 1. The molecule has 142 valence electrons. The van der Waals surface area contributed by atoms with Gasteiger partial charge < -0.3 is 15.1 Å². The highest BCUT2D eigenvalue weighted by Crippen LogP contribution is 2.25. The second kappa shape index (κ2) is 8.73. The summed E-state index contributed by atoms with van der Waals surface area (Å²) in [6, 6.07) is 4.76. The summed E-state index contributed by atoms with van der Waals surface area (Å²) in [4.78, 5) is 39.8. The van der Waals surface area contributed by atoms with E-state index in [-0.39, 0.29) is 30.7 Å². The van der Waals surface area contributed by atoms with Gasteiger partial charge in [0.2, 0.25) is 17.7 Å². The molecule has 1 N–H and O–H groups in total. The Kier molecular flexibility index (Phi) is 6.89. The number of nitrogens with one attached hydrogen (secondary N) is 1. The number of anilines is 1. The first-order chi connectivity index (χ1) is 12.2. The lowest BCUT2D eigenvalue weighted by Crippen LogP contribution is -2.39. The summed E-state index contributed by atoms with van der Waals surface area (Å²) in [5.41, 5.74) is 0.504. The second-order valence-electron chi connectivity index (χ2n) is 6.96. The molecule has 1 aliphatic heterocycles. The van der Waals surface area contributed by atoms with E-state index in [0.29, 0.717) is 34.7 Å². The highest BCUT2D eigenvalue weighted by Gasteiger charge is 2.36. The summed E-state index contributed by atoms with van der Waals surface area (Å²) in [6.45, 7) is 5.01. The van der Waals surface area contributed by atoms with Gasteiger partial charge in [0.15, 0.2) is 0 Å². The molecule has 2 rings (SSSR count). The molecule has 1 atom stereocenters. The van der Waals surface area contributed by atoms with Crippen molar-refractivity contribution in [2.45, 2.75) is 20.3 Å². The molecular formula is C18H23Cl2N3O3.